The van der Waals surface area contributed by atoms with Crippen molar-refractivity contribution < 1.29 is 0 Å². The fourth-order valence-corrected chi connectivity index (χ4v) is 2.59. The smallest absolute Gasteiger partial charge is 0.0107 e. The second-order valence-electron chi connectivity index (χ2n) is 5.00. The van der Waals surface area contributed by atoms with Gasteiger partial charge < -0.3 is 10.2 Å². The van der Waals surface area contributed by atoms with E-state index in [2.05, 4.69) is 17.3 Å². The van der Waals surface area contributed by atoms with Crippen LogP contribution in [0, 0.1) is 0 Å². The molecule has 2 aliphatic carbocycles. The van der Waals surface area contributed by atoms with E-state index in [1.54, 1.807) is 0 Å². The molecule has 0 heterocycles. The predicted octanol–water partition coefficient (Wildman–Crippen LogP) is 2.00. The van der Waals surface area contributed by atoms with Gasteiger partial charge in [0.1, 0.15) is 0 Å². The predicted molar refractivity (Wildman–Crippen MR) is 60.5 cm³/mol. The molecule has 0 bridgehead atoms. The molecule has 2 aliphatic rings. The Bertz CT molecular complexity index is 160. The molecule has 2 saturated carbocycles. The van der Waals surface area contributed by atoms with Crippen LogP contribution in [0.2, 0.25) is 0 Å². The minimum absolute atomic E-state index is 0.854. The van der Waals surface area contributed by atoms with Gasteiger partial charge in [0, 0.05) is 25.2 Å². The van der Waals surface area contributed by atoms with Crippen LogP contribution in [-0.4, -0.2) is 37.1 Å². The molecule has 1 N–H and O–H groups in total. The van der Waals surface area contributed by atoms with Crippen LogP contribution in [0.5, 0.6) is 0 Å². The lowest BCUT2D eigenvalue weighted by molar-refractivity contribution is 0.233. The van der Waals surface area contributed by atoms with Gasteiger partial charge in [0.2, 0.25) is 0 Å². The molecule has 2 fully saturated rings. The Morgan fingerprint density at radius 2 is 1.79 bits per heavy atom. The summed E-state index contributed by atoms with van der Waals surface area (Å²) in [4.78, 5) is 2.55. The largest absolute Gasteiger partial charge is 0.313 e. The number of nitrogens with one attached hydrogen (secondary N) is 1. The van der Waals surface area contributed by atoms with Crippen molar-refractivity contribution in [3.8, 4) is 0 Å². The molecule has 0 saturated heterocycles. The summed E-state index contributed by atoms with van der Waals surface area (Å²) >= 11 is 0. The number of likely N-dealkylation sites (N-methyl/N-ethyl adjacent to an activating group) is 1. The lowest BCUT2D eigenvalue weighted by atomic mass is 9.93. The molecule has 0 spiro atoms. The maximum Gasteiger partial charge on any atom is 0.0107 e. The van der Waals surface area contributed by atoms with Gasteiger partial charge in [-0.2, -0.15) is 0 Å². The molecule has 2 heteroatoms. The summed E-state index contributed by atoms with van der Waals surface area (Å²) in [5.74, 6) is 0. The summed E-state index contributed by atoms with van der Waals surface area (Å²) in [7, 11) is 2.29. The van der Waals surface area contributed by atoms with Gasteiger partial charge in [-0.15, -0.1) is 0 Å². The normalized spacial score (nSPS) is 24.4. The molecular formula is C12H24N2. The van der Waals surface area contributed by atoms with Gasteiger partial charge in [-0.25, -0.2) is 0 Å². The molecule has 14 heavy (non-hydrogen) atoms. The molecule has 2 nitrogen and oxygen atoms in total. The Morgan fingerprint density at radius 1 is 1.07 bits per heavy atom. The van der Waals surface area contributed by atoms with Crippen LogP contribution in [0.25, 0.3) is 0 Å². The fraction of sp³-hybridized carbons (Fsp3) is 1.00. The summed E-state index contributed by atoms with van der Waals surface area (Å²) < 4.78 is 0. The monoisotopic (exact) mass is 196 g/mol. The third-order valence-electron chi connectivity index (χ3n) is 3.95. The Hall–Kier alpha value is -0.0800. The summed E-state index contributed by atoms with van der Waals surface area (Å²) in [5.41, 5.74) is 0. The van der Waals surface area contributed by atoms with Gasteiger partial charge in [0.25, 0.3) is 0 Å². The lowest BCUT2D eigenvalue weighted by Gasteiger charge is -2.29. The van der Waals surface area contributed by atoms with Gasteiger partial charge in [-0.1, -0.05) is 19.3 Å². The maximum atomic E-state index is 3.63. The van der Waals surface area contributed by atoms with E-state index >= 15 is 0 Å². The van der Waals surface area contributed by atoms with Crippen molar-refractivity contribution in [2.75, 3.05) is 20.1 Å². The van der Waals surface area contributed by atoms with Gasteiger partial charge >= 0.3 is 0 Å². The van der Waals surface area contributed by atoms with Gasteiger partial charge in [0.15, 0.2) is 0 Å². The third kappa shape index (κ3) is 2.71. The first kappa shape index (κ1) is 10.4. The van der Waals surface area contributed by atoms with Crippen LogP contribution in [0.4, 0.5) is 0 Å². The molecule has 0 unspecified atom stereocenters. The molecule has 0 aromatic carbocycles. The van der Waals surface area contributed by atoms with E-state index in [1.807, 2.05) is 0 Å². The quantitative estimate of drug-likeness (QED) is 0.723. The van der Waals surface area contributed by atoms with Crippen LogP contribution in [0.15, 0.2) is 0 Å². The van der Waals surface area contributed by atoms with Crippen molar-refractivity contribution in [2.45, 2.75) is 57.0 Å². The zero-order chi connectivity index (χ0) is 9.80. The summed E-state index contributed by atoms with van der Waals surface area (Å²) in [5, 5.41) is 3.63. The highest BCUT2D eigenvalue weighted by molar-refractivity contribution is 4.78. The topological polar surface area (TPSA) is 15.3 Å². The maximum absolute atomic E-state index is 3.63. The Morgan fingerprint density at radius 3 is 2.36 bits per heavy atom. The second-order valence-corrected chi connectivity index (χ2v) is 5.00. The molecule has 0 amide bonds. The highest BCUT2D eigenvalue weighted by atomic mass is 15.1. The van der Waals surface area contributed by atoms with E-state index in [-0.39, 0.29) is 0 Å². The second kappa shape index (κ2) is 5.13. The Labute approximate surface area is 88.1 Å². The Kier molecular flexibility index (Phi) is 3.82. The first-order valence-electron chi connectivity index (χ1n) is 6.30. The van der Waals surface area contributed by atoms with Crippen LogP contribution in [0.3, 0.4) is 0 Å². The highest BCUT2D eigenvalue weighted by Gasteiger charge is 2.20. The van der Waals surface area contributed by atoms with Crippen molar-refractivity contribution in [1.29, 1.82) is 0 Å². The number of rotatable bonds is 5. The van der Waals surface area contributed by atoms with E-state index < -0.39 is 0 Å². The molecule has 82 valence electrons. The van der Waals surface area contributed by atoms with Gasteiger partial charge in [-0.05, 0) is 32.7 Å². The summed E-state index contributed by atoms with van der Waals surface area (Å²) in [6, 6.07) is 1.74. The third-order valence-corrected chi connectivity index (χ3v) is 3.95. The molecule has 0 aliphatic heterocycles. The van der Waals surface area contributed by atoms with Gasteiger partial charge in [-0.3, -0.25) is 0 Å². The average Bonchev–Trinajstić information content (AvgIpc) is 2.61. The molecule has 2 rings (SSSR count). The van der Waals surface area contributed by atoms with E-state index in [0.717, 1.165) is 12.1 Å². The molecule has 0 aromatic heterocycles. The van der Waals surface area contributed by atoms with Crippen molar-refractivity contribution >= 4 is 0 Å². The zero-order valence-corrected chi connectivity index (χ0v) is 9.47. The summed E-state index contributed by atoms with van der Waals surface area (Å²) in [6.45, 7) is 2.43. The van der Waals surface area contributed by atoms with Crippen LogP contribution in [0.1, 0.15) is 44.9 Å². The highest BCUT2D eigenvalue weighted by Crippen LogP contribution is 2.22. The van der Waals surface area contributed by atoms with Crippen LogP contribution >= 0.6 is 0 Å². The van der Waals surface area contributed by atoms with Crippen LogP contribution in [-0.2, 0) is 0 Å². The SMILES string of the molecule is CN(CCNC1CCC1)C1CCCC1. The minimum Gasteiger partial charge on any atom is -0.313 e. The lowest BCUT2D eigenvalue weighted by Crippen LogP contribution is -2.41. The van der Waals surface area contributed by atoms with Crippen molar-refractivity contribution in [2.24, 2.45) is 0 Å². The van der Waals surface area contributed by atoms with E-state index in [4.69, 9.17) is 0 Å². The average molecular weight is 196 g/mol. The molecular weight excluding hydrogens is 172 g/mol. The first-order valence-corrected chi connectivity index (χ1v) is 6.30. The number of hydrogen-bond donors (Lipinski definition) is 1. The Balaban J connectivity index is 1.54. The van der Waals surface area contributed by atoms with Crippen LogP contribution < -0.4 is 5.32 Å². The van der Waals surface area contributed by atoms with Crippen molar-refractivity contribution in [3.05, 3.63) is 0 Å². The van der Waals surface area contributed by atoms with E-state index in [9.17, 15) is 0 Å². The fourth-order valence-electron chi connectivity index (χ4n) is 2.59. The van der Waals surface area contributed by atoms with Gasteiger partial charge in [0.05, 0.1) is 0 Å². The van der Waals surface area contributed by atoms with Crippen molar-refractivity contribution in [1.82, 2.24) is 10.2 Å². The van der Waals surface area contributed by atoms with E-state index in [1.165, 1.54) is 58.0 Å². The number of hydrogen-bond acceptors (Lipinski definition) is 2. The molecule has 0 aromatic rings. The summed E-state index contributed by atoms with van der Waals surface area (Å²) in [6.07, 6.45) is 10.0. The molecule has 0 atom stereocenters. The van der Waals surface area contributed by atoms with Crippen molar-refractivity contribution in [3.63, 3.8) is 0 Å². The van der Waals surface area contributed by atoms with E-state index in [0.29, 0.717) is 0 Å². The number of nitrogens with zero attached hydrogens (tertiary/aromatic N) is 1. The minimum atomic E-state index is 0.854. The first-order chi connectivity index (χ1) is 6.86. The standard InChI is InChI=1S/C12H24N2/c1-14(12-7-2-3-8-12)10-9-13-11-5-4-6-11/h11-13H,2-10H2,1H3. The molecule has 0 radical (unpaired) electrons. The zero-order valence-electron chi connectivity index (χ0n) is 9.47.